The molecule has 2 aliphatic rings. The monoisotopic (exact) mass is 413 g/mol. The molecule has 2 amide bonds. The van der Waals surface area contributed by atoms with Crippen molar-refractivity contribution in [2.75, 3.05) is 46.3 Å². The molecule has 2 fully saturated rings. The molecule has 28 heavy (non-hydrogen) atoms. The molecule has 1 saturated carbocycles. The van der Waals surface area contributed by atoms with Crippen molar-refractivity contribution in [2.45, 2.75) is 23.8 Å². The van der Waals surface area contributed by atoms with Crippen LogP contribution in [0.2, 0.25) is 0 Å². The lowest BCUT2D eigenvalue weighted by atomic mass is 10.3. The minimum absolute atomic E-state index is 0.0567. The molecule has 1 aliphatic heterocycles. The summed E-state index contributed by atoms with van der Waals surface area (Å²) in [6, 6.07) is 5.21. The number of rotatable bonds is 7. The predicted octanol–water partition coefficient (Wildman–Crippen LogP) is -1.55. The standard InChI is InChI=1S/C18H25FN4O4S/c1-21(12-17(24)20-15-5-6-15)13-18(25)22-7-9-23(10-8-22)28(26,27)16-4-2-3-14(19)11-16/h2-4,11,15H,5-10,12-13H2,1H3,(H,20,24)/p+1. The van der Waals surface area contributed by atoms with Crippen molar-refractivity contribution in [3.63, 3.8) is 0 Å². The average molecular weight is 413 g/mol. The first-order valence-corrected chi connectivity index (χ1v) is 10.8. The van der Waals surface area contributed by atoms with E-state index in [0.29, 0.717) is 6.04 Å². The fraction of sp³-hybridized carbons (Fsp3) is 0.556. The van der Waals surface area contributed by atoms with Gasteiger partial charge in [0.1, 0.15) is 5.82 Å². The molecular formula is C18H26FN4O4S+. The zero-order valence-corrected chi connectivity index (χ0v) is 16.7. The van der Waals surface area contributed by atoms with E-state index in [1.54, 1.807) is 11.9 Å². The van der Waals surface area contributed by atoms with Crippen molar-refractivity contribution in [1.29, 1.82) is 0 Å². The fourth-order valence-corrected chi connectivity index (χ4v) is 4.62. The van der Waals surface area contributed by atoms with Gasteiger partial charge in [-0.1, -0.05) is 6.07 Å². The summed E-state index contributed by atoms with van der Waals surface area (Å²) in [4.78, 5) is 26.6. The molecule has 1 aromatic rings. The molecule has 154 valence electrons. The highest BCUT2D eigenvalue weighted by Gasteiger charge is 2.31. The lowest BCUT2D eigenvalue weighted by Gasteiger charge is -2.34. The number of nitrogens with one attached hydrogen (secondary N) is 2. The molecule has 1 unspecified atom stereocenters. The van der Waals surface area contributed by atoms with Crippen LogP contribution < -0.4 is 10.2 Å². The lowest BCUT2D eigenvalue weighted by molar-refractivity contribution is -0.863. The van der Waals surface area contributed by atoms with Crippen LogP contribution in [-0.2, 0) is 19.6 Å². The average Bonchev–Trinajstić information content (AvgIpc) is 3.45. The van der Waals surface area contributed by atoms with E-state index in [0.717, 1.165) is 23.8 Å². The number of quaternary nitrogens is 1. The molecule has 1 heterocycles. The van der Waals surface area contributed by atoms with Gasteiger partial charge in [0.25, 0.3) is 11.8 Å². The van der Waals surface area contributed by atoms with Crippen LogP contribution in [-0.4, -0.2) is 81.8 Å². The van der Waals surface area contributed by atoms with E-state index in [4.69, 9.17) is 0 Å². The smallest absolute Gasteiger partial charge is 0.277 e. The number of amides is 2. The maximum atomic E-state index is 13.4. The maximum absolute atomic E-state index is 13.4. The number of hydrogen-bond acceptors (Lipinski definition) is 4. The number of benzene rings is 1. The van der Waals surface area contributed by atoms with E-state index in [1.165, 1.54) is 22.5 Å². The molecule has 1 aromatic carbocycles. The molecule has 3 rings (SSSR count). The summed E-state index contributed by atoms with van der Waals surface area (Å²) in [5, 5.41) is 2.89. The summed E-state index contributed by atoms with van der Waals surface area (Å²) >= 11 is 0. The molecule has 1 aliphatic carbocycles. The van der Waals surface area contributed by atoms with E-state index in [1.807, 2.05) is 0 Å². The quantitative estimate of drug-likeness (QED) is 0.567. The Morgan fingerprint density at radius 2 is 1.86 bits per heavy atom. The summed E-state index contributed by atoms with van der Waals surface area (Å²) in [7, 11) is -1.99. The van der Waals surface area contributed by atoms with Crippen molar-refractivity contribution < 1.29 is 27.3 Å². The number of nitrogens with zero attached hydrogens (tertiary/aromatic N) is 2. The van der Waals surface area contributed by atoms with Crippen LogP contribution >= 0.6 is 0 Å². The third-order valence-electron chi connectivity index (χ3n) is 4.88. The van der Waals surface area contributed by atoms with Gasteiger partial charge in [0.15, 0.2) is 13.1 Å². The molecule has 0 bridgehead atoms. The second kappa shape index (κ2) is 8.54. The molecule has 1 atom stereocenters. The highest BCUT2D eigenvalue weighted by molar-refractivity contribution is 7.89. The van der Waals surface area contributed by atoms with E-state index >= 15 is 0 Å². The Morgan fingerprint density at radius 1 is 1.18 bits per heavy atom. The van der Waals surface area contributed by atoms with Crippen molar-refractivity contribution in [3.05, 3.63) is 30.1 Å². The lowest BCUT2D eigenvalue weighted by Crippen LogP contribution is -3.11. The molecule has 8 nitrogen and oxygen atoms in total. The summed E-state index contributed by atoms with van der Waals surface area (Å²) < 4.78 is 39.9. The first-order valence-electron chi connectivity index (χ1n) is 9.40. The third-order valence-corrected chi connectivity index (χ3v) is 6.78. The maximum Gasteiger partial charge on any atom is 0.277 e. The largest absolute Gasteiger partial charge is 0.348 e. The van der Waals surface area contributed by atoms with Crippen LogP contribution in [0.25, 0.3) is 0 Å². The number of likely N-dealkylation sites (N-methyl/N-ethyl adjacent to an activating group) is 1. The highest BCUT2D eigenvalue weighted by atomic mass is 32.2. The molecule has 2 N–H and O–H groups in total. The number of carbonyl (C=O) groups excluding carboxylic acids is 2. The highest BCUT2D eigenvalue weighted by Crippen LogP contribution is 2.19. The molecule has 0 spiro atoms. The SMILES string of the molecule is C[NH+](CC(=O)NC1CC1)CC(=O)N1CCN(S(=O)(=O)c2cccc(F)c2)CC1. The van der Waals surface area contributed by atoms with Gasteiger partial charge < -0.3 is 15.1 Å². The Labute approximate surface area is 164 Å². The zero-order chi connectivity index (χ0) is 20.3. The molecular weight excluding hydrogens is 387 g/mol. The first-order chi connectivity index (χ1) is 13.3. The minimum atomic E-state index is -3.78. The third kappa shape index (κ3) is 5.27. The van der Waals surface area contributed by atoms with E-state index in [9.17, 15) is 22.4 Å². The fourth-order valence-electron chi connectivity index (χ4n) is 3.17. The summed E-state index contributed by atoms with van der Waals surface area (Å²) in [5.41, 5.74) is 0. The summed E-state index contributed by atoms with van der Waals surface area (Å²) in [6.45, 7) is 1.27. The van der Waals surface area contributed by atoms with Crippen LogP contribution in [0.5, 0.6) is 0 Å². The van der Waals surface area contributed by atoms with Gasteiger partial charge >= 0.3 is 0 Å². The number of carbonyl (C=O) groups is 2. The predicted molar refractivity (Wildman–Crippen MR) is 99.5 cm³/mol. The Morgan fingerprint density at radius 3 is 2.46 bits per heavy atom. The van der Waals surface area contributed by atoms with Gasteiger partial charge in [-0.15, -0.1) is 0 Å². The molecule has 1 saturated heterocycles. The number of halogens is 1. The Balaban J connectivity index is 1.48. The normalized spacial score (nSPS) is 19.3. The van der Waals surface area contributed by atoms with Crippen molar-refractivity contribution in [2.24, 2.45) is 0 Å². The topological polar surface area (TPSA) is 91.2 Å². The van der Waals surface area contributed by atoms with Crippen LogP contribution in [0, 0.1) is 5.82 Å². The summed E-state index contributed by atoms with van der Waals surface area (Å²) in [5.74, 6) is -0.773. The van der Waals surface area contributed by atoms with Gasteiger partial charge in [0, 0.05) is 32.2 Å². The Hall–Kier alpha value is -2.04. The summed E-state index contributed by atoms with van der Waals surface area (Å²) in [6.07, 6.45) is 2.04. The molecule has 0 radical (unpaired) electrons. The van der Waals surface area contributed by atoms with Crippen LogP contribution in [0.4, 0.5) is 4.39 Å². The molecule has 0 aromatic heterocycles. The second-order valence-corrected chi connectivity index (χ2v) is 9.33. The van der Waals surface area contributed by atoms with Gasteiger partial charge in [0.05, 0.1) is 11.9 Å². The van der Waals surface area contributed by atoms with Crippen molar-refractivity contribution in [1.82, 2.24) is 14.5 Å². The second-order valence-electron chi connectivity index (χ2n) is 7.39. The number of piperazine rings is 1. The van der Waals surface area contributed by atoms with E-state index in [2.05, 4.69) is 5.32 Å². The zero-order valence-electron chi connectivity index (χ0n) is 15.9. The van der Waals surface area contributed by atoms with E-state index in [-0.39, 0.29) is 56.0 Å². The minimum Gasteiger partial charge on any atom is -0.348 e. The van der Waals surface area contributed by atoms with Gasteiger partial charge in [-0.05, 0) is 31.0 Å². The van der Waals surface area contributed by atoms with Gasteiger partial charge in [-0.25, -0.2) is 12.8 Å². The van der Waals surface area contributed by atoms with Gasteiger partial charge in [-0.2, -0.15) is 4.31 Å². The Kier molecular flexibility index (Phi) is 6.31. The van der Waals surface area contributed by atoms with Crippen molar-refractivity contribution >= 4 is 21.8 Å². The van der Waals surface area contributed by atoms with Crippen LogP contribution in [0.1, 0.15) is 12.8 Å². The van der Waals surface area contributed by atoms with Crippen LogP contribution in [0.15, 0.2) is 29.2 Å². The van der Waals surface area contributed by atoms with Crippen molar-refractivity contribution in [3.8, 4) is 0 Å². The van der Waals surface area contributed by atoms with Crippen LogP contribution in [0.3, 0.4) is 0 Å². The molecule has 10 heteroatoms. The van der Waals surface area contributed by atoms with Gasteiger partial charge in [-0.3, -0.25) is 9.59 Å². The number of sulfonamides is 1. The first kappa shape index (κ1) is 20.7. The van der Waals surface area contributed by atoms with Gasteiger partial charge in [0.2, 0.25) is 10.0 Å². The number of hydrogen-bond donors (Lipinski definition) is 2. The Bertz CT molecular complexity index is 836. The van der Waals surface area contributed by atoms with E-state index < -0.39 is 15.8 Å².